The van der Waals surface area contributed by atoms with E-state index in [-0.39, 0.29) is 17.7 Å². The van der Waals surface area contributed by atoms with Gasteiger partial charge in [0.05, 0.1) is 5.69 Å². The summed E-state index contributed by atoms with van der Waals surface area (Å²) in [5.74, 6) is -0.540. The summed E-state index contributed by atoms with van der Waals surface area (Å²) in [6.07, 6.45) is 2.05. The number of carbonyl (C=O) groups excluding carboxylic acids is 1. The smallest absolute Gasteiger partial charge is 0.251 e. The van der Waals surface area contributed by atoms with Crippen LogP contribution in [0.25, 0.3) is 0 Å². The molecule has 2 rings (SSSR count). The van der Waals surface area contributed by atoms with Crippen LogP contribution in [0.2, 0.25) is 0 Å². The molecule has 0 spiro atoms. The Kier molecular flexibility index (Phi) is 4.18. The van der Waals surface area contributed by atoms with E-state index in [0.717, 1.165) is 18.4 Å². The van der Waals surface area contributed by atoms with Gasteiger partial charge in [0, 0.05) is 11.6 Å². The lowest BCUT2D eigenvalue weighted by Crippen LogP contribution is -2.25. The predicted octanol–water partition coefficient (Wildman–Crippen LogP) is 1.11. The third-order valence-electron chi connectivity index (χ3n) is 3.06. The van der Waals surface area contributed by atoms with E-state index in [1.54, 1.807) is 24.3 Å². The summed E-state index contributed by atoms with van der Waals surface area (Å²) in [7, 11) is 0. The number of hydrazone groups is 1. The van der Waals surface area contributed by atoms with E-state index < -0.39 is 5.84 Å². The third-order valence-corrected chi connectivity index (χ3v) is 3.06. The van der Waals surface area contributed by atoms with E-state index in [2.05, 4.69) is 15.8 Å². The second-order valence-corrected chi connectivity index (χ2v) is 4.88. The first-order valence-electron chi connectivity index (χ1n) is 6.51. The number of nitriles is 1. The molecular formula is C14H16N6O. The van der Waals surface area contributed by atoms with Crippen molar-refractivity contribution in [2.45, 2.75) is 25.8 Å². The van der Waals surface area contributed by atoms with Crippen LogP contribution in [0.5, 0.6) is 0 Å². The molecule has 7 heteroatoms. The Morgan fingerprint density at radius 3 is 2.81 bits per heavy atom. The zero-order valence-electron chi connectivity index (χ0n) is 11.6. The summed E-state index contributed by atoms with van der Waals surface area (Å²) >= 11 is 0. The summed E-state index contributed by atoms with van der Waals surface area (Å²) in [5, 5.41) is 22.6. The first-order chi connectivity index (χ1) is 10.0. The van der Waals surface area contributed by atoms with Crippen molar-refractivity contribution in [2.24, 2.45) is 10.8 Å². The lowest BCUT2D eigenvalue weighted by molar-refractivity contribution is 0.0951. The number of hydrogen-bond acceptors (Lipinski definition) is 5. The van der Waals surface area contributed by atoms with Crippen molar-refractivity contribution >= 4 is 23.1 Å². The van der Waals surface area contributed by atoms with E-state index in [1.807, 2.05) is 6.92 Å². The first-order valence-corrected chi connectivity index (χ1v) is 6.51. The number of anilines is 1. The van der Waals surface area contributed by atoms with Crippen LogP contribution in [0.15, 0.2) is 23.3 Å². The minimum atomic E-state index is -0.412. The largest absolute Gasteiger partial charge is 0.382 e. The Morgan fingerprint density at radius 2 is 2.24 bits per heavy atom. The maximum atomic E-state index is 12.0. The fourth-order valence-corrected chi connectivity index (χ4v) is 1.64. The highest BCUT2D eigenvalue weighted by Gasteiger charge is 2.23. The molecule has 1 aliphatic carbocycles. The minimum absolute atomic E-state index is 0.128. The number of amidine groups is 1. The SMILES string of the molecule is Cc1ccc(C(=O)NC2CC2)cc1N/N=C(\C#N)C(=N)N. The number of amides is 1. The second-order valence-electron chi connectivity index (χ2n) is 4.88. The molecule has 21 heavy (non-hydrogen) atoms. The molecule has 0 unspecified atom stereocenters. The molecule has 1 saturated carbocycles. The lowest BCUT2D eigenvalue weighted by Gasteiger charge is -2.09. The predicted molar refractivity (Wildman–Crippen MR) is 80.3 cm³/mol. The quantitative estimate of drug-likeness (QED) is 0.367. The van der Waals surface area contributed by atoms with Gasteiger partial charge in [-0.3, -0.25) is 15.6 Å². The van der Waals surface area contributed by atoms with E-state index in [1.165, 1.54) is 0 Å². The van der Waals surface area contributed by atoms with Gasteiger partial charge in [-0.25, -0.2) is 0 Å². The Hall–Kier alpha value is -2.88. The monoisotopic (exact) mass is 284 g/mol. The van der Waals surface area contributed by atoms with Crippen molar-refractivity contribution in [1.82, 2.24) is 5.32 Å². The number of rotatable bonds is 5. The van der Waals surface area contributed by atoms with E-state index in [4.69, 9.17) is 16.4 Å². The van der Waals surface area contributed by atoms with Gasteiger partial charge in [0.1, 0.15) is 6.07 Å². The first kappa shape index (κ1) is 14.5. The van der Waals surface area contributed by atoms with Gasteiger partial charge in [0.2, 0.25) is 5.71 Å². The van der Waals surface area contributed by atoms with Crippen LogP contribution in [-0.2, 0) is 0 Å². The average molecular weight is 284 g/mol. The summed E-state index contributed by atoms with van der Waals surface area (Å²) in [5.41, 5.74) is 9.66. The van der Waals surface area contributed by atoms with Crippen LogP contribution in [0.1, 0.15) is 28.8 Å². The van der Waals surface area contributed by atoms with Crippen molar-refractivity contribution < 1.29 is 4.79 Å². The number of aryl methyl sites for hydroxylation is 1. The number of nitrogens with one attached hydrogen (secondary N) is 3. The fraction of sp³-hybridized carbons (Fsp3) is 0.286. The summed E-state index contributed by atoms with van der Waals surface area (Å²) in [4.78, 5) is 12.0. The second kappa shape index (κ2) is 6.05. The Balaban J connectivity index is 2.17. The Morgan fingerprint density at radius 1 is 1.52 bits per heavy atom. The number of nitrogens with two attached hydrogens (primary N) is 1. The van der Waals surface area contributed by atoms with Gasteiger partial charge in [-0.15, -0.1) is 0 Å². The molecule has 0 radical (unpaired) electrons. The van der Waals surface area contributed by atoms with E-state index >= 15 is 0 Å². The Bertz CT molecular complexity index is 654. The van der Waals surface area contributed by atoms with Crippen molar-refractivity contribution in [3.63, 3.8) is 0 Å². The zero-order valence-corrected chi connectivity index (χ0v) is 11.6. The molecule has 0 aromatic heterocycles. The molecule has 0 heterocycles. The maximum Gasteiger partial charge on any atom is 0.251 e. The molecular weight excluding hydrogens is 268 g/mol. The number of hydrogen-bond donors (Lipinski definition) is 4. The number of benzene rings is 1. The van der Waals surface area contributed by atoms with E-state index in [9.17, 15) is 4.79 Å². The van der Waals surface area contributed by atoms with Gasteiger partial charge in [-0.2, -0.15) is 10.4 Å². The van der Waals surface area contributed by atoms with Crippen LogP contribution >= 0.6 is 0 Å². The van der Waals surface area contributed by atoms with Crippen molar-refractivity contribution in [3.05, 3.63) is 29.3 Å². The van der Waals surface area contributed by atoms with Crippen LogP contribution in [0, 0.1) is 23.7 Å². The zero-order chi connectivity index (χ0) is 15.4. The highest BCUT2D eigenvalue weighted by molar-refractivity contribution is 6.45. The normalized spacial score (nSPS) is 14.2. The Labute approximate surface area is 122 Å². The molecule has 0 aliphatic heterocycles. The minimum Gasteiger partial charge on any atom is -0.382 e. The molecule has 1 amide bonds. The summed E-state index contributed by atoms with van der Waals surface area (Å²) in [6.45, 7) is 1.85. The molecule has 5 N–H and O–H groups in total. The fourth-order valence-electron chi connectivity index (χ4n) is 1.64. The van der Waals surface area contributed by atoms with Gasteiger partial charge in [-0.1, -0.05) is 6.07 Å². The molecule has 0 bridgehead atoms. The lowest BCUT2D eigenvalue weighted by atomic mass is 10.1. The van der Waals surface area contributed by atoms with Gasteiger partial charge in [-0.05, 0) is 37.5 Å². The standard InChI is InChI=1S/C14H16N6O/c1-8-2-3-9(14(21)18-10-4-5-10)6-11(8)19-20-12(7-15)13(16)17/h2-3,6,10,19H,4-5H2,1H3,(H3,16,17)(H,18,21)/b20-12+. The molecule has 108 valence electrons. The van der Waals surface area contributed by atoms with Crippen LogP contribution in [0.4, 0.5) is 5.69 Å². The molecule has 7 nitrogen and oxygen atoms in total. The maximum absolute atomic E-state index is 12.0. The number of carbonyl (C=O) groups is 1. The van der Waals surface area contributed by atoms with Crippen molar-refractivity contribution in [2.75, 3.05) is 5.43 Å². The molecule has 1 aliphatic rings. The average Bonchev–Trinajstić information content (AvgIpc) is 3.24. The topological polar surface area (TPSA) is 127 Å². The summed E-state index contributed by atoms with van der Waals surface area (Å²) in [6, 6.07) is 7.19. The van der Waals surface area contributed by atoms with Crippen molar-refractivity contribution in [1.29, 1.82) is 10.7 Å². The van der Waals surface area contributed by atoms with Crippen LogP contribution in [-0.4, -0.2) is 23.5 Å². The third kappa shape index (κ3) is 3.79. The summed E-state index contributed by atoms with van der Waals surface area (Å²) < 4.78 is 0. The molecule has 1 aromatic rings. The van der Waals surface area contributed by atoms with Crippen molar-refractivity contribution in [3.8, 4) is 6.07 Å². The van der Waals surface area contributed by atoms with Gasteiger partial charge < -0.3 is 11.1 Å². The van der Waals surface area contributed by atoms with Gasteiger partial charge >= 0.3 is 0 Å². The molecule has 1 aromatic carbocycles. The molecule has 0 saturated heterocycles. The van der Waals surface area contributed by atoms with Crippen LogP contribution < -0.4 is 16.5 Å². The van der Waals surface area contributed by atoms with Crippen LogP contribution in [0.3, 0.4) is 0 Å². The van der Waals surface area contributed by atoms with E-state index in [0.29, 0.717) is 11.3 Å². The van der Waals surface area contributed by atoms with Gasteiger partial charge in [0.25, 0.3) is 5.91 Å². The molecule has 1 fully saturated rings. The highest BCUT2D eigenvalue weighted by Crippen LogP contribution is 2.21. The molecule has 0 atom stereocenters. The highest BCUT2D eigenvalue weighted by atomic mass is 16.1. The number of nitrogens with zero attached hydrogens (tertiary/aromatic N) is 2. The van der Waals surface area contributed by atoms with Gasteiger partial charge in [0.15, 0.2) is 5.84 Å².